The molecule has 0 aromatic heterocycles. The van der Waals surface area contributed by atoms with Gasteiger partial charge in [0.2, 0.25) is 0 Å². The maximum absolute atomic E-state index is 4.83. The standard InChI is InChI=1S/2C6H7OP/c2*8-7-6-4-2-1-3-5-6/h2*1-5H,8H2. The molecule has 4 heteroatoms. The summed E-state index contributed by atoms with van der Waals surface area (Å²) in [5, 5.41) is 0. The van der Waals surface area contributed by atoms with Crippen LogP contribution in [-0.2, 0) is 0 Å². The molecule has 0 fully saturated rings. The van der Waals surface area contributed by atoms with Gasteiger partial charge in [0, 0.05) is 0 Å². The van der Waals surface area contributed by atoms with Gasteiger partial charge < -0.3 is 9.05 Å². The molecule has 2 unspecified atom stereocenters. The molecule has 0 radical (unpaired) electrons. The van der Waals surface area contributed by atoms with E-state index in [1.165, 1.54) is 0 Å². The maximum Gasteiger partial charge on any atom is 0.122 e. The second kappa shape index (κ2) is 8.10. The number of para-hydroxylation sites is 2. The van der Waals surface area contributed by atoms with E-state index in [9.17, 15) is 0 Å². The molecule has 0 aliphatic carbocycles. The van der Waals surface area contributed by atoms with Gasteiger partial charge in [-0.1, -0.05) is 36.4 Å². The average Bonchev–Trinajstić information content (AvgIpc) is 2.41. The molecule has 0 bridgehead atoms. The predicted molar refractivity (Wildman–Crippen MR) is 73.6 cm³/mol. The van der Waals surface area contributed by atoms with Crippen LogP contribution in [0.1, 0.15) is 0 Å². The van der Waals surface area contributed by atoms with Crippen molar-refractivity contribution in [3.8, 4) is 11.5 Å². The summed E-state index contributed by atoms with van der Waals surface area (Å²) in [5.41, 5.74) is 0. The third-order valence-corrected chi connectivity index (χ3v) is 2.30. The fourth-order valence-corrected chi connectivity index (χ4v) is 1.31. The minimum Gasteiger partial charge on any atom is -0.480 e. The number of rotatable bonds is 2. The van der Waals surface area contributed by atoms with Gasteiger partial charge in [-0.2, -0.15) is 0 Å². The average molecular weight is 252 g/mol. The third kappa shape index (κ3) is 5.11. The Morgan fingerprint density at radius 3 is 1.06 bits per heavy atom. The van der Waals surface area contributed by atoms with Crippen LogP contribution in [0.4, 0.5) is 0 Å². The van der Waals surface area contributed by atoms with E-state index in [0.29, 0.717) is 0 Å². The molecule has 0 N–H and O–H groups in total. The highest BCUT2D eigenvalue weighted by molar-refractivity contribution is 7.10. The Labute approximate surface area is 101 Å². The lowest BCUT2D eigenvalue weighted by atomic mass is 10.3. The Hall–Kier alpha value is -1.10. The maximum atomic E-state index is 4.83. The van der Waals surface area contributed by atoms with E-state index in [1.54, 1.807) is 0 Å². The fraction of sp³-hybridized carbons (Fsp3) is 0. The van der Waals surface area contributed by atoms with Crippen LogP contribution in [0.5, 0.6) is 11.5 Å². The Morgan fingerprint density at radius 1 is 0.562 bits per heavy atom. The van der Waals surface area contributed by atoms with Crippen LogP contribution in [0, 0.1) is 0 Å². The molecule has 2 nitrogen and oxygen atoms in total. The highest BCUT2D eigenvalue weighted by atomic mass is 31.0. The van der Waals surface area contributed by atoms with E-state index < -0.39 is 0 Å². The number of benzene rings is 2. The second-order valence-corrected chi connectivity index (χ2v) is 3.33. The molecule has 2 aromatic carbocycles. The molecule has 2 aromatic rings. The molecule has 2 atom stereocenters. The summed E-state index contributed by atoms with van der Waals surface area (Å²) in [5.74, 6) is 1.75. The first-order chi connectivity index (χ1) is 7.86. The highest BCUT2D eigenvalue weighted by Gasteiger charge is 1.81. The van der Waals surface area contributed by atoms with E-state index in [1.807, 2.05) is 60.7 Å². The van der Waals surface area contributed by atoms with Crippen LogP contribution >= 0.6 is 18.9 Å². The lowest BCUT2D eigenvalue weighted by Gasteiger charge is -1.93. The largest absolute Gasteiger partial charge is 0.480 e. The normalized spacial score (nSPS) is 8.62. The summed E-state index contributed by atoms with van der Waals surface area (Å²) >= 11 is 0. The molecule has 0 amide bonds. The smallest absolute Gasteiger partial charge is 0.122 e. The molecule has 2 rings (SSSR count). The Kier molecular flexibility index (Phi) is 6.56. The van der Waals surface area contributed by atoms with Gasteiger partial charge in [-0.15, -0.1) is 0 Å². The molecule has 0 aliphatic rings. The van der Waals surface area contributed by atoms with Crippen LogP contribution in [-0.4, -0.2) is 0 Å². The van der Waals surface area contributed by atoms with Gasteiger partial charge in [0.25, 0.3) is 0 Å². The van der Waals surface area contributed by atoms with Crippen LogP contribution in [0.15, 0.2) is 60.7 Å². The predicted octanol–water partition coefficient (Wildman–Crippen LogP) is 3.71. The Balaban J connectivity index is 0.000000160. The molecular formula is C12H14O2P2. The van der Waals surface area contributed by atoms with E-state index in [-0.39, 0.29) is 0 Å². The van der Waals surface area contributed by atoms with Crippen LogP contribution in [0.25, 0.3) is 0 Å². The molecule has 0 saturated heterocycles. The Morgan fingerprint density at radius 2 is 0.875 bits per heavy atom. The molecule has 0 spiro atoms. The van der Waals surface area contributed by atoms with E-state index in [2.05, 4.69) is 18.9 Å². The second-order valence-electron chi connectivity index (χ2n) is 2.86. The number of hydrogen-bond acceptors (Lipinski definition) is 2. The minimum absolute atomic E-state index is 0.873. The summed E-state index contributed by atoms with van der Waals surface area (Å²) < 4.78 is 9.66. The summed E-state index contributed by atoms with van der Waals surface area (Å²) in [6.07, 6.45) is 0. The summed E-state index contributed by atoms with van der Waals surface area (Å²) in [6.45, 7) is 0. The Bertz CT molecular complexity index is 339. The van der Waals surface area contributed by atoms with E-state index >= 15 is 0 Å². The monoisotopic (exact) mass is 252 g/mol. The van der Waals surface area contributed by atoms with Crippen LogP contribution < -0.4 is 9.05 Å². The van der Waals surface area contributed by atoms with Gasteiger partial charge in [-0.3, -0.25) is 0 Å². The van der Waals surface area contributed by atoms with Crippen molar-refractivity contribution in [1.29, 1.82) is 0 Å². The first-order valence-corrected chi connectivity index (χ1v) is 5.64. The van der Waals surface area contributed by atoms with Crippen molar-refractivity contribution in [3.63, 3.8) is 0 Å². The zero-order valence-corrected chi connectivity index (χ0v) is 11.1. The highest BCUT2D eigenvalue weighted by Crippen LogP contribution is 2.10. The lowest BCUT2D eigenvalue weighted by molar-refractivity contribution is 0.646. The lowest BCUT2D eigenvalue weighted by Crippen LogP contribution is -1.68. The minimum atomic E-state index is 0.873. The molecular weight excluding hydrogens is 238 g/mol. The molecule has 16 heavy (non-hydrogen) atoms. The summed E-state index contributed by atoms with van der Waals surface area (Å²) in [4.78, 5) is 0. The van der Waals surface area contributed by atoms with E-state index in [0.717, 1.165) is 11.5 Å². The summed E-state index contributed by atoms with van der Waals surface area (Å²) in [7, 11) is 4.39. The summed E-state index contributed by atoms with van der Waals surface area (Å²) in [6, 6.07) is 19.2. The van der Waals surface area contributed by atoms with Crippen LogP contribution in [0.3, 0.4) is 0 Å². The first-order valence-electron chi connectivity index (χ1n) is 4.70. The van der Waals surface area contributed by atoms with Crippen molar-refractivity contribution >= 4 is 18.9 Å². The SMILES string of the molecule is POc1ccccc1.POc1ccccc1. The quantitative estimate of drug-likeness (QED) is 0.758. The third-order valence-electron chi connectivity index (χ3n) is 1.76. The van der Waals surface area contributed by atoms with E-state index in [4.69, 9.17) is 9.05 Å². The van der Waals surface area contributed by atoms with Gasteiger partial charge >= 0.3 is 0 Å². The van der Waals surface area contributed by atoms with Crippen molar-refractivity contribution in [1.82, 2.24) is 0 Å². The van der Waals surface area contributed by atoms with Gasteiger partial charge in [0.15, 0.2) is 0 Å². The molecule has 0 heterocycles. The van der Waals surface area contributed by atoms with Crippen molar-refractivity contribution in [2.24, 2.45) is 0 Å². The molecule has 0 saturated carbocycles. The topological polar surface area (TPSA) is 18.5 Å². The fourth-order valence-electron chi connectivity index (χ4n) is 0.998. The van der Waals surface area contributed by atoms with Crippen molar-refractivity contribution in [2.75, 3.05) is 0 Å². The van der Waals surface area contributed by atoms with Gasteiger partial charge in [0.1, 0.15) is 11.5 Å². The molecule has 0 aliphatic heterocycles. The van der Waals surface area contributed by atoms with Crippen LogP contribution in [0.2, 0.25) is 0 Å². The number of hydrogen-bond donors (Lipinski definition) is 0. The van der Waals surface area contributed by atoms with Gasteiger partial charge in [0.05, 0.1) is 18.9 Å². The van der Waals surface area contributed by atoms with Crippen molar-refractivity contribution < 1.29 is 9.05 Å². The van der Waals surface area contributed by atoms with Crippen molar-refractivity contribution in [2.45, 2.75) is 0 Å². The molecule has 84 valence electrons. The van der Waals surface area contributed by atoms with Gasteiger partial charge in [-0.25, -0.2) is 0 Å². The van der Waals surface area contributed by atoms with Gasteiger partial charge in [-0.05, 0) is 24.3 Å². The zero-order chi connectivity index (χ0) is 11.6. The van der Waals surface area contributed by atoms with Crippen molar-refractivity contribution in [3.05, 3.63) is 60.7 Å². The first kappa shape index (κ1) is 13.0. The zero-order valence-electron chi connectivity index (χ0n) is 8.74.